The maximum Gasteiger partial charge on any atom is 0.170 e. The molecule has 1 aliphatic heterocycles. The summed E-state index contributed by atoms with van der Waals surface area (Å²) in [6.07, 6.45) is 4.33. The van der Waals surface area contributed by atoms with Gasteiger partial charge in [0.2, 0.25) is 0 Å². The van der Waals surface area contributed by atoms with Gasteiger partial charge in [-0.2, -0.15) is 0 Å². The topological polar surface area (TPSA) is 37.0 Å². The van der Waals surface area contributed by atoms with Crippen molar-refractivity contribution in [1.82, 2.24) is 15.1 Å². The highest BCUT2D eigenvalue weighted by Gasteiger charge is 2.46. The average molecular weight is 299 g/mol. The number of likely N-dealkylation sites (N-methyl/N-ethyl adjacent to an activating group) is 2. The van der Waals surface area contributed by atoms with Crippen LogP contribution in [0, 0.1) is 0 Å². The van der Waals surface area contributed by atoms with E-state index in [1.54, 1.807) is 0 Å². The van der Waals surface area contributed by atoms with Crippen LogP contribution in [0.5, 0.6) is 0 Å². The Morgan fingerprint density at radius 1 is 1.14 bits per heavy atom. The Morgan fingerprint density at radius 2 is 1.86 bits per heavy atom. The molecule has 5 nitrogen and oxygen atoms in total. The van der Waals surface area contributed by atoms with Gasteiger partial charge in [-0.1, -0.05) is 6.92 Å². The average Bonchev–Trinajstić information content (AvgIpc) is 2.91. The Hall–Kier alpha value is -0.200. The van der Waals surface area contributed by atoms with Gasteiger partial charge in [0.1, 0.15) is 0 Å². The minimum Gasteiger partial charge on any atom is -0.347 e. The van der Waals surface area contributed by atoms with Gasteiger partial charge in [0.05, 0.1) is 13.2 Å². The molecule has 0 radical (unpaired) electrons. The summed E-state index contributed by atoms with van der Waals surface area (Å²) in [6.45, 7) is 7.12. The van der Waals surface area contributed by atoms with Gasteiger partial charge in [0.15, 0.2) is 5.79 Å². The van der Waals surface area contributed by atoms with Crippen LogP contribution in [0.15, 0.2) is 0 Å². The molecule has 1 saturated heterocycles. The van der Waals surface area contributed by atoms with Crippen molar-refractivity contribution in [2.75, 3.05) is 54.0 Å². The molecule has 2 aliphatic rings. The minimum atomic E-state index is -0.303. The van der Waals surface area contributed by atoms with Crippen molar-refractivity contribution in [3.05, 3.63) is 0 Å². The molecule has 0 aromatic heterocycles. The Balaban J connectivity index is 2.05. The van der Waals surface area contributed by atoms with E-state index in [-0.39, 0.29) is 5.79 Å². The maximum absolute atomic E-state index is 5.97. The molecule has 5 heteroatoms. The van der Waals surface area contributed by atoms with Crippen LogP contribution >= 0.6 is 0 Å². The lowest BCUT2D eigenvalue weighted by Crippen LogP contribution is -2.58. The van der Waals surface area contributed by atoms with E-state index in [4.69, 9.17) is 9.47 Å². The van der Waals surface area contributed by atoms with Crippen LogP contribution in [0.1, 0.15) is 32.6 Å². The van der Waals surface area contributed by atoms with Crippen molar-refractivity contribution in [1.29, 1.82) is 0 Å². The van der Waals surface area contributed by atoms with Crippen LogP contribution in [0.25, 0.3) is 0 Å². The SMILES string of the molecule is CCCN(CCN(C)C)C1CC2(CCC1NC)OCCO2. The van der Waals surface area contributed by atoms with Crippen LogP contribution in [0.3, 0.4) is 0 Å². The summed E-state index contributed by atoms with van der Waals surface area (Å²) >= 11 is 0. The summed E-state index contributed by atoms with van der Waals surface area (Å²) in [4.78, 5) is 4.89. The third-order valence-corrected chi connectivity index (χ3v) is 4.82. The first-order chi connectivity index (χ1) is 10.1. The molecule has 0 aromatic carbocycles. The highest BCUT2D eigenvalue weighted by Crippen LogP contribution is 2.37. The van der Waals surface area contributed by atoms with E-state index < -0.39 is 0 Å². The van der Waals surface area contributed by atoms with Gasteiger partial charge in [0.25, 0.3) is 0 Å². The maximum atomic E-state index is 5.97. The number of hydrogen-bond donors (Lipinski definition) is 1. The predicted octanol–water partition coefficient (Wildman–Crippen LogP) is 1.14. The molecule has 0 amide bonds. The fourth-order valence-electron chi connectivity index (χ4n) is 3.67. The van der Waals surface area contributed by atoms with Gasteiger partial charge in [-0.05, 0) is 40.5 Å². The highest BCUT2D eigenvalue weighted by atomic mass is 16.7. The molecule has 2 rings (SSSR count). The van der Waals surface area contributed by atoms with Gasteiger partial charge >= 0.3 is 0 Å². The van der Waals surface area contributed by atoms with Crippen LogP contribution in [-0.2, 0) is 9.47 Å². The zero-order valence-corrected chi connectivity index (χ0v) is 14.2. The number of nitrogens with zero attached hydrogens (tertiary/aromatic N) is 2. The Morgan fingerprint density at radius 3 is 2.43 bits per heavy atom. The molecule has 0 aromatic rings. The van der Waals surface area contributed by atoms with Gasteiger partial charge in [0, 0.05) is 38.0 Å². The van der Waals surface area contributed by atoms with Crippen LogP contribution in [0.4, 0.5) is 0 Å². The van der Waals surface area contributed by atoms with E-state index in [1.807, 2.05) is 0 Å². The van der Waals surface area contributed by atoms with E-state index in [1.165, 1.54) is 6.42 Å². The van der Waals surface area contributed by atoms with Crippen molar-refractivity contribution in [3.63, 3.8) is 0 Å². The predicted molar refractivity (Wildman–Crippen MR) is 85.5 cm³/mol. The number of ether oxygens (including phenoxy) is 2. The number of rotatable bonds is 7. The van der Waals surface area contributed by atoms with Crippen molar-refractivity contribution in [2.45, 2.75) is 50.5 Å². The molecule has 21 heavy (non-hydrogen) atoms. The summed E-state index contributed by atoms with van der Waals surface area (Å²) in [7, 11) is 6.37. The van der Waals surface area contributed by atoms with Gasteiger partial charge in [-0.3, -0.25) is 4.90 Å². The van der Waals surface area contributed by atoms with Crippen LogP contribution in [-0.4, -0.2) is 81.7 Å². The largest absolute Gasteiger partial charge is 0.347 e. The molecule has 1 aliphatic carbocycles. The second kappa shape index (κ2) is 7.88. The fourth-order valence-corrected chi connectivity index (χ4v) is 3.67. The van der Waals surface area contributed by atoms with Gasteiger partial charge in [-0.25, -0.2) is 0 Å². The summed E-state index contributed by atoms with van der Waals surface area (Å²) in [6, 6.07) is 1.04. The Kier molecular flexibility index (Phi) is 6.44. The summed E-state index contributed by atoms with van der Waals surface area (Å²) < 4.78 is 11.9. The second-order valence-electron chi connectivity index (χ2n) is 6.65. The number of hydrogen-bond acceptors (Lipinski definition) is 5. The monoisotopic (exact) mass is 299 g/mol. The molecular weight excluding hydrogens is 266 g/mol. The number of nitrogens with one attached hydrogen (secondary N) is 1. The summed E-state index contributed by atoms with van der Waals surface area (Å²) in [5.74, 6) is -0.303. The van der Waals surface area contributed by atoms with E-state index >= 15 is 0 Å². The van der Waals surface area contributed by atoms with Crippen molar-refractivity contribution in [3.8, 4) is 0 Å². The quantitative estimate of drug-likeness (QED) is 0.763. The lowest BCUT2D eigenvalue weighted by Gasteiger charge is -2.46. The first kappa shape index (κ1) is 17.2. The fraction of sp³-hybridized carbons (Fsp3) is 1.00. The molecule has 1 heterocycles. The van der Waals surface area contributed by atoms with E-state index in [9.17, 15) is 0 Å². The highest BCUT2D eigenvalue weighted by molar-refractivity contribution is 4.96. The summed E-state index contributed by atoms with van der Waals surface area (Å²) in [5.41, 5.74) is 0. The van der Waals surface area contributed by atoms with Crippen molar-refractivity contribution in [2.24, 2.45) is 0 Å². The smallest absolute Gasteiger partial charge is 0.170 e. The normalized spacial score (nSPS) is 28.9. The lowest BCUT2D eigenvalue weighted by molar-refractivity contribution is -0.193. The zero-order valence-electron chi connectivity index (χ0n) is 14.2. The molecule has 2 atom stereocenters. The molecule has 2 fully saturated rings. The molecule has 0 bridgehead atoms. The molecule has 1 spiro atoms. The first-order valence-electron chi connectivity index (χ1n) is 8.44. The molecular formula is C16H33N3O2. The third kappa shape index (κ3) is 4.39. The van der Waals surface area contributed by atoms with E-state index in [0.29, 0.717) is 12.1 Å². The lowest BCUT2D eigenvalue weighted by atomic mass is 9.84. The standard InChI is InChI=1S/C16H33N3O2/c1-5-8-19(10-9-18(3)4)15-13-16(20-11-12-21-16)7-6-14(15)17-2/h14-15,17H,5-13H2,1-4H3. The first-order valence-corrected chi connectivity index (χ1v) is 8.44. The van der Waals surface area contributed by atoms with E-state index in [0.717, 1.165) is 52.1 Å². The zero-order chi connectivity index (χ0) is 15.3. The molecule has 1 saturated carbocycles. The molecule has 1 N–H and O–H groups in total. The molecule has 2 unspecified atom stereocenters. The van der Waals surface area contributed by atoms with Crippen LogP contribution in [0.2, 0.25) is 0 Å². The minimum absolute atomic E-state index is 0.303. The third-order valence-electron chi connectivity index (χ3n) is 4.82. The van der Waals surface area contributed by atoms with Gasteiger partial charge in [-0.15, -0.1) is 0 Å². The molecule has 124 valence electrons. The van der Waals surface area contributed by atoms with Gasteiger partial charge < -0.3 is 19.7 Å². The Labute approximate surface area is 129 Å². The van der Waals surface area contributed by atoms with E-state index in [2.05, 4.69) is 43.2 Å². The Bertz CT molecular complexity index is 306. The van der Waals surface area contributed by atoms with Crippen LogP contribution < -0.4 is 5.32 Å². The van der Waals surface area contributed by atoms with Crippen molar-refractivity contribution < 1.29 is 9.47 Å². The second-order valence-corrected chi connectivity index (χ2v) is 6.65. The summed E-state index contributed by atoms with van der Waals surface area (Å²) in [5, 5.41) is 3.52. The van der Waals surface area contributed by atoms with Crippen molar-refractivity contribution >= 4 is 0 Å².